The summed E-state index contributed by atoms with van der Waals surface area (Å²) in [6.45, 7) is 0.126. The standard InChI is InChI=1S/C12H11BrN2O5/c13-7-4-10-9(19-5-20-10)3-6(7)12-8(15(17)18)1-2-11(16)14-12/h3-4,8,12H,1-2,5H2,(H,14,16)/t8-,12-/m0/s1. The van der Waals surface area contributed by atoms with Gasteiger partial charge in [-0.2, -0.15) is 0 Å². The highest BCUT2D eigenvalue weighted by molar-refractivity contribution is 9.10. The number of fused-ring (bicyclic) bond motifs is 1. The fourth-order valence-corrected chi connectivity index (χ4v) is 3.04. The van der Waals surface area contributed by atoms with Gasteiger partial charge in [-0.1, -0.05) is 15.9 Å². The Labute approximate surface area is 122 Å². The van der Waals surface area contributed by atoms with E-state index in [2.05, 4.69) is 21.2 Å². The maximum absolute atomic E-state index is 11.6. The highest BCUT2D eigenvalue weighted by Crippen LogP contribution is 2.41. The Morgan fingerprint density at radius 1 is 1.35 bits per heavy atom. The number of piperidine rings is 1. The van der Waals surface area contributed by atoms with Crippen molar-refractivity contribution < 1.29 is 19.2 Å². The lowest BCUT2D eigenvalue weighted by atomic mass is 9.92. The van der Waals surface area contributed by atoms with Crippen molar-refractivity contribution in [2.75, 3.05) is 6.79 Å². The number of nitro groups is 1. The van der Waals surface area contributed by atoms with E-state index in [9.17, 15) is 14.9 Å². The monoisotopic (exact) mass is 342 g/mol. The van der Waals surface area contributed by atoms with Crippen molar-refractivity contribution in [2.45, 2.75) is 24.9 Å². The zero-order valence-corrected chi connectivity index (χ0v) is 11.9. The number of ether oxygens (including phenoxy) is 2. The zero-order valence-electron chi connectivity index (χ0n) is 10.3. The van der Waals surface area contributed by atoms with Crippen molar-refractivity contribution in [1.82, 2.24) is 5.32 Å². The summed E-state index contributed by atoms with van der Waals surface area (Å²) < 4.78 is 11.2. The molecule has 8 heteroatoms. The molecule has 1 aromatic rings. The number of rotatable bonds is 2. The molecule has 0 aliphatic carbocycles. The predicted molar refractivity (Wildman–Crippen MR) is 71.2 cm³/mol. The molecule has 0 aromatic heterocycles. The smallest absolute Gasteiger partial charge is 0.237 e. The summed E-state index contributed by atoms with van der Waals surface area (Å²) in [5, 5.41) is 13.9. The first-order valence-corrected chi connectivity index (χ1v) is 6.87. The van der Waals surface area contributed by atoms with Gasteiger partial charge in [0.05, 0.1) is 0 Å². The van der Waals surface area contributed by atoms with Gasteiger partial charge in [-0.3, -0.25) is 14.9 Å². The summed E-state index contributed by atoms with van der Waals surface area (Å²) in [4.78, 5) is 22.4. The maximum Gasteiger partial charge on any atom is 0.237 e. The maximum atomic E-state index is 11.6. The molecule has 7 nitrogen and oxygen atoms in total. The van der Waals surface area contributed by atoms with E-state index in [0.29, 0.717) is 21.5 Å². The van der Waals surface area contributed by atoms with E-state index in [0.717, 1.165) is 0 Å². The van der Waals surface area contributed by atoms with E-state index in [4.69, 9.17) is 9.47 Å². The molecule has 2 aliphatic heterocycles. The van der Waals surface area contributed by atoms with Gasteiger partial charge in [-0.15, -0.1) is 0 Å². The summed E-state index contributed by atoms with van der Waals surface area (Å²) in [6.07, 6.45) is 0.398. The highest BCUT2D eigenvalue weighted by Gasteiger charge is 2.39. The molecule has 106 valence electrons. The molecular formula is C12H11BrN2O5. The van der Waals surface area contributed by atoms with Crippen LogP contribution in [0.5, 0.6) is 11.5 Å². The summed E-state index contributed by atoms with van der Waals surface area (Å²) in [5.41, 5.74) is 0.629. The quantitative estimate of drug-likeness (QED) is 0.653. The third kappa shape index (κ3) is 2.20. The largest absolute Gasteiger partial charge is 0.454 e. The summed E-state index contributed by atoms with van der Waals surface area (Å²) >= 11 is 3.37. The summed E-state index contributed by atoms with van der Waals surface area (Å²) in [5.74, 6) is 0.934. The lowest BCUT2D eigenvalue weighted by Crippen LogP contribution is -2.45. The number of hydrogen-bond acceptors (Lipinski definition) is 5. The Hall–Kier alpha value is -1.83. The van der Waals surface area contributed by atoms with Crippen LogP contribution < -0.4 is 14.8 Å². The molecule has 0 radical (unpaired) electrons. The topological polar surface area (TPSA) is 90.7 Å². The van der Waals surface area contributed by atoms with Gasteiger partial charge in [-0.05, 0) is 17.7 Å². The highest BCUT2D eigenvalue weighted by atomic mass is 79.9. The fraction of sp³-hybridized carbons (Fsp3) is 0.417. The number of nitrogens with one attached hydrogen (secondary N) is 1. The molecule has 1 amide bonds. The lowest BCUT2D eigenvalue weighted by molar-refractivity contribution is -0.529. The Kier molecular flexibility index (Phi) is 3.25. The normalized spacial score (nSPS) is 24.4. The van der Waals surface area contributed by atoms with Crippen molar-refractivity contribution in [2.24, 2.45) is 0 Å². The van der Waals surface area contributed by atoms with Crippen LogP contribution in [0, 0.1) is 10.1 Å². The van der Waals surface area contributed by atoms with E-state index < -0.39 is 12.1 Å². The Bertz CT molecular complexity index is 591. The van der Waals surface area contributed by atoms with Crippen LogP contribution in [0.25, 0.3) is 0 Å². The van der Waals surface area contributed by atoms with Gasteiger partial charge >= 0.3 is 0 Å². The van der Waals surface area contributed by atoms with Gasteiger partial charge in [0.2, 0.25) is 18.7 Å². The summed E-state index contributed by atoms with van der Waals surface area (Å²) in [6, 6.07) is 1.87. The van der Waals surface area contributed by atoms with Gasteiger partial charge in [-0.25, -0.2) is 0 Å². The number of amides is 1. The van der Waals surface area contributed by atoms with Crippen LogP contribution in [0.15, 0.2) is 16.6 Å². The first-order chi connectivity index (χ1) is 9.56. The zero-order chi connectivity index (χ0) is 14.3. The minimum atomic E-state index is -0.843. The molecule has 0 unspecified atom stereocenters. The van der Waals surface area contributed by atoms with E-state index in [1.165, 1.54) is 0 Å². The van der Waals surface area contributed by atoms with E-state index in [1.807, 2.05) is 0 Å². The molecule has 1 saturated heterocycles. The number of carbonyl (C=O) groups excluding carboxylic acids is 1. The Morgan fingerprint density at radius 2 is 2.05 bits per heavy atom. The van der Waals surface area contributed by atoms with E-state index in [1.54, 1.807) is 12.1 Å². The predicted octanol–water partition coefficient (Wildman–Crippen LogP) is 1.77. The average molecular weight is 343 g/mol. The van der Waals surface area contributed by atoms with Crippen LogP contribution in [0.2, 0.25) is 0 Å². The molecular weight excluding hydrogens is 332 g/mol. The van der Waals surface area contributed by atoms with Crippen LogP contribution in [-0.2, 0) is 4.79 Å². The molecule has 1 fully saturated rings. The molecule has 1 N–H and O–H groups in total. The number of carbonyl (C=O) groups is 1. The molecule has 0 spiro atoms. The van der Waals surface area contributed by atoms with Gasteiger partial charge < -0.3 is 14.8 Å². The lowest BCUT2D eigenvalue weighted by Gasteiger charge is -2.27. The van der Waals surface area contributed by atoms with E-state index in [-0.39, 0.29) is 30.5 Å². The Balaban J connectivity index is 2.01. The molecule has 3 rings (SSSR count). The minimum absolute atomic E-state index is 0.126. The van der Waals surface area contributed by atoms with Gasteiger partial charge in [0, 0.05) is 22.2 Å². The first kappa shape index (κ1) is 13.2. The molecule has 20 heavy (non-hydrogen) atoms. The average Bonchev–Trinajstić information content (AvgIpc) is 2.84. The minimum Gasteiger partial charge on any atom is -0.454 e. The third-order valence-electron chi connectivity index (χ3n) is 3.47. The Morgan fingerprint density at radius 3 is 2.75 bits per heavy atom. The number of hydrogen-bond donors (Lipinski definition) is 1. The molecule has 2 aliphatic rings. The first-order valence-electron chi connectivity index (χ1n) is 6.08. The van der Waals surface area contributed by atoms with Crippen molar-refractivity contribution in [1.29, 1.82) is 0 Å². The van der Waals surface area contributed by atoms with Crippen LogP contribution in [0.1, 0.15) is 24.4 Å². The molecule has 0 saturated carbocycles. The van der Waals surface area contributed by atoms with Gasteiger partial charge in [0.25, 0.3) is 0 Å². The second-order valence-electron chi connectivity index (χ2n) is 4.66. The second-order valence-corrected chi connectivity index (χ2v) is 5.52. The van der Waals surface area contributed by atoms with E-state index >= 15 is 0 Å². The number of halogens is 1. The van der Waals surface area contributed by atoms with Crippen molar-refractivity contribution in [3.63, 3.8) is 0 Å². The molecule has 2 heterocycles. The van der Waals surface area contributed by atoms with Crippen LogP contribution in [0.3, 0.4) is 0 Å². The van der Waals surface area contributed by atoms with Crippen molar-refractivity contribution in [3.05, 3.63) is 32.3 Å². The van der Waals surface area contributed by atoms with Crippen molar-refractivity contribution in [3.8, 4) is 11.5 Å². The molecule has 0 bridgehead atoms. The van der Waals surface area contributed by atoms with Crippen LogP contribution >= 0.6 is 15.9 Å². The van der Waals surface area contributed by atoms with Gasteiger partial charge in [0.1, 0.15) is 6.04 Å². The number of benzene rings is 1. The fourth-order valence-electron chi connectivity index (χ4n) is 2.47. The molecule has 1 aromatic carbocycles. The van der Waals surface area contributed by atoms with Crippen LogP contribution in [-0.4, -0.2) is 23.7 Å². The second kappa shape index (κ2) is 4.93. The summed E-state index contributed by atoms with van der Waals surface area (Å²) in [7, 11) is 0. The third-order valence-corrected chi connectivity index (χ3v) is 4.15. The molecule has 2 atom stereocenters. The van der Waals surface area contributed by atoms with Crippen LogP contribution in [0.4, 0.5) is 0 Å². The number of nitrogens with zero attached hydrogens (tertiary/aromatic N) is 1. The van der Waals surface area contributed by atoms with Gasteiger partial charge in [0.15, 0.2) is 11.5 Å². The SMILES string of the molecule is O=C1CC[C@H]([N+](=O)[O-])[C@H](c2cc3c(cc2Br)OCO3)N1. The van der Waals surface area contributed by atoms with Crippen molar-refractivity contribution >= 4 is 21.8 Å².